The van der Waals surface area contributed by atoms with Crippen LogP contribution in [0.25, 0.3) is 5.76 Å². The van der Waals surface area contributed by atoms with Crippen LogP contribution in [-0.2, 0) is 14.3 Å². The van der Waals surface area contributed by atoms with Crippen LogP contribution in [0.4, 0.5) is 16.4 Å². The van der Waals surface area contributed by atoms with Crippen LogP contribution in [0.15, 0.2) is 64.5 Å². The number of aliphatic hydroxyl groups excluding tert-OH is 1. The van der Waals surface area contributed by atoms with Crippen LogP contribution < -0.4 is 10.1 Å². The number of rotatable bonds is 11. The summed E-state index contributed by atoms with van der Waals surface area (Å²) < 4.78 is 15.3. The number of anilines is 1. The molecule has 0 saturated heterocycles. The number of non-ortho nitro benzene ring substituents is 1. The number of carbonyl (C=O) groups is 3. The number of amides is 1. The second kappa shape index (κ2) is 13.8. The van der Waals surface area contributed by atoms with E-state index in [1.54, 1.807) is 38.1 Å². The molecule has 2 aromatic carbocycles. The van der Waals surface area contributed by atoms with Crippen LogP contribution in [0, 0.1) is 17.0 Å². The fraction of sp³-hybridized carbons (Fsp3) is 0.222. The SMILES string of the molecule is CCOC(=O)c1sc(N=N/C(C(=O)Nc2ccc(OC)cc2)=C(/O)c2ccc([N+](=O)[O-])cc2)c(C(=O)OCC)c1C. The number of nitrogens with zero attached hydrogens (tertiary/aromatic N) is 3. The molecular weight excluding hydrogens is 556 g/mol. The average Bonchev–Trinajstić information content (AvgIpc) is 3.29. The Morgan fingerprint density at radius 2 is 1.61 bits per heavy atom. The minimum atomic E-state index is -0.883. The summed E-state index contributed by atoms with van der Waals surface area (Å²) in [6.45, 7) is 4.92. The van der Waals surface area contributed by atoms with E-state index in [1.165, 1.54) is 26.2 Å². The molecule has 0 aliphatic carbocycles. The molecule has 214 valence electrons. The molecule has 0 unspecified atom stereocenters. The predicted octanol–water partition coefficient (Wildman–Crippen LogP) is 5.98. The number of nitro groups is 1. The Hall–Kier alpha value is -5.11. The lowest BCUT2D eigenvalue weighted by Crippen LogP contribution is -2.15. The van der Waals surface area contributed by atoms with E-state index in [2.05, 4.69) is 15.5 Å². The number of aliphatic hydroxyl groups is 1. The maximum atomic E-state index is 13.3. The van der Waals surface area contributed by atoms with Crippen molar-refractivity contribution in [2.45, 2.75) is 20.8 Å². The number of thiophene rings is 1. The Bertz CT molecular complexity index is 1510. The highest BCUT2D eigenvalue weighted by atomic mass is 32.1. The Labute approximate surface area is 238 Å². The van der Waals surface area contributed by atoms with Gasteiger partial charge in [-0.25, -0.2) is 9.59 Å². The maximum absolute atomic E-state index is 13.3. The molecule has 3 rings (SSSR count). The second-order valence-corrected chi connectivity index (χ2v) is 9.06. The van der Waals surface area contributed by atoms with E-state index < -0.39 is 34.2 Å². The third kappa shape index (κ3) is 7.30. The number of azo groups is 1. The van der Waals surface area contributed by atoms with Gasteiger partial charge in [-0.3, -0.25) is 14.9 Å². The Balaban J connectivity index is 2.12. The van der Waals surface area contributed by atoms with Crippen molar-refractivity contribution in [3.8, 4) is 5.75 Å². The van der Waals surface area contributed by atoms with Crippen molar-refractivity contribution in [1.29, 1.82) is 0 Å². The van der Waals surface area contributed by atoms with E-state index in [-0.39, 0.29) is 45.5 Å². The monoisotopic (exact) mass is 582 g/mol. The van der Waals surface area contributed by atoms with Crippen molar-refractivity contribution >= 4 is 51.3 Å². The molecule has 0 fully saturated rings. The van der Waals surface area contributed by atoms with Gasteiger partial charge in [0.2, 0.25) is 0 Å². The van der Waals surface area contributed by atoms with E-state index in [9.17, 15) is 29.6 Å². The normalized spacial score (nSPS) is 11.5. The van der Waals surface area contributed by atoms with Crippen molar-refractivity contribution in [2.75, 3.05) is 25.6 Å². The topological polar surface area (TPSA) is 179 Å². The quantitative estimate of drug-likeness (QED) is 0.0687. The first-order valence-electron chi connectivity index (χ1n) is 12.1. The lowest BCUT2D eigenvalue weighted by Gasteiger charge is -2.09. The zero-order valence-corrected chi connectivity index (χ0v) is 23.3. The van der Waals surface area contributed by atoms with E-state index in [4.69, 9.17) is 14.2 Å². The molecule has 3 aromatic rings. The maximum Gasteiger partial charge on any atom is 0.348 e. The Morgan fingerprint density at radius 1 is 1.00 bits per heavy atom. The summed E-state index contributed by atoms with van der Waals surface area (Å²) in [5, 5.41) is 32.6. The minimum absolute atomic E-state index is 0.0367. The Kier molecular flexibility index (Phi) is 10.2. The number of carbonyl (C=O) groups excluding carboxylic acids is 3. The van der Waals surface area contributed by atoms with Gasteiger partial charge < -0.3 is 24.6 Å². The number of methoxy groups -OCH3 is 1. The second-order valence-electron chi connectivity index (χ2n) is 8.06. The number of nitrogens with one attached hydrogen (secondary N) is 1. The van der Waals surface area contributed by atoms with Crippen molar-refractivity contribution in [1.82, 2.24) is 0 Å². The number of esters is 2. The van der Waals surface area contributed by atoms with Gasteiger partial charge in [0, 0.05) is 23.4 Å². The van der Waals surface area contributed by atoms with Crippen LogP contribution in [0.3, 0.4) is 0 Å². The summed E-state index contributed by atoms with van der Waals surface area (Å²) in [5.41, 5.74) is -0.222. The van der Waals surface area contributed by atoms with Crippen LogP contribution >= 0.6 is 11.3 Å². The summed E-state index contributed by atoms with van der Waals surface area (Å²) >= 11 is 0.802. The van der Waals surface area contributed by atoms with Gasteiger partial charge in [0.1, 0.15) is 16.2 Å². The molecule has 13 nitrogen and oxygen atoms in total. The first-order valence-corrected chi connectivity index (χ1v) is 13.0. The van der Waals surface area contributed by atoms with Crippen LogP contribution in [0.1, 0.15) is 45.0 Å². The summed E-state index contributed by atoms with van der Waals surface area (Å²) in [6, 6.07) is 11.1. The fourth-order valence-electron chi connectivity index (χ4n) is 3.44. The van der Waals surface area contributed by atoms with Crippen molar-refractivity contribution in [2.24, 2.45) is 10.2 Å². The van der Waals surface area contributed by atoms with E-state index in [1.807, 2.05) is 0 Å². The molecule has 1 aromatic heterocycles. The smallest absolute Gasteiger partial charge is 0.348 e. The number of nitro benzene ring substituents is 1. The highest BCUT2D eigenvalue weighted by molar-refractivity contribution is 7.18. The zero-order chi connectivity index (χ0) is 30.1. The molecule has 0 atom stereocenters. The third-order valence-electron chi connectivity index (χ3n) is 5.45. The molecule has 41 heavy (non-hydrogen) atoms. The minimum Gasteiger partial charge on any atom is -0.505 e. The lowest BCUT2D eigenvalue weighted by atomic mass is 10.1. The van der Waals surface area contributed by atoms with Gasteiger partial charge in [-0.05, 0) is 62.7 Å². The molecule has 0 aliphatic heterocycles. The molecule has 0 aliphatic rings. The lowest BCUT2D eigenvalue weighted by molar-refractivity contribution is -0.384. The summed E-state index contributed by atoms with van der Waals surface area (Å²) in [7, 11) is 1.49. The first kappa shape index (κ1) is 30.4. The predicted molar refractivity (Wildman–Crippen MR) is 150 cm³/mol. The molecule has 0 bridgehead atoms. The summed E-state index contributed by atoms with van der Waals surface area (Å²) in [6.07, 6.45) is 0. The van der Waals surface area contributed by atoms with Gasteiger partial charge in [-0.15, -0.1) is 21.6 Å². The highest BCUT2D eigenvalue weighted by Crippen LogP contribution is 2.37. The van der Waals surface area contributed by atoms with E-state index >= 15 is 0 Å². The third-order valence-corrected chi connectivity index (χ3v) is 6.60. The molecule has 1 heterocycles. The van der Waals surface area contributed by atoms with Gasteiger partial charge in [0.15, 0.2) is 16.5 Å². The van der Waals surface area contributed by atoms with Crippen molar-refractivity contribution in [3.63, 3.8) is 0 Å². The molecular formula is C27H26N4O9S. The number of benzene rings is 2. The number of hydrogen-bond acceptors (Lipinski definition) is 12. The molecule has 1 amide bonds. The zero-order valence-electron chi connectivity index (χ0n) is 22.5. The molecule has 2 N–H and O–H groups in total. The Morgan fingerprint density at radius 3 is 2.17 bits per heavy atom. The number of hydrogen-bond donors (Lipinski definition) is 2. The summed E-state index contributed by atoms with van der Waals surface area (Å²) in [5.74, 6) is -2.43. The van der Waals surface area contributed by atoms with Crippen molar-refractivity contribution in [3.05, 3.63) is 85.9 Å². The molecule has 14 heteroatoms. The van der Waals surface area contributed by atoms with Gasteiger partial charge in [0.25, 0.3) is 11.6 Å². The van der Waals surface area contributed by atoms with Gasteiger partial charge in [-0.1, -0.05) is 0 Å². The average molecular weight is 583 g/mol. The van der Waals surface area contributed by atoms with Crippen molar-refractivity contribution < 1.29 is 38.6 Å². The van der Waals surface area contributed by atoms with Crippen LogP contribution in [0.2, 0.25) is 0 Å². The van der Waals surface area contributed by atoms with Gasteiger partial charge >= 0.3 is 11.9 Å². The largest absolute Gasteiger partial charge is 0.505 e. The first-order chi connectivity index (χ1) is 19.6. The molecule has 0 saturated carbocycles. The fourth-order valence-corrected chi connectivity index (χ4v) is 4.45. The van der Waals surface area contributed by atoms with E-state index in [0.717, 1.165) is 23.5 Å². The van der Waals surface area contributed by atoms with E-state index in [0.29, 0.717) is 11.4 Å². The summed E-state index contributed by atoms with van der Waals surface area (Å²) in [4.78, 5) is 49.0. The molecule has 0 radical (unpaired) electrons. The standard InChI is InChI=1S/C27H26N4O9S/c1-5-39-26(34)20-15(3)23(27(35)40-6-2)41-25(20)30-29-21(22(32)16-7-11-18(12-8-16)31(36)37)24(33)28-17-9-13-19(38-4)14-10-17/h7-14,32H,5-6H2,1-4H3,(H,28,33)/b22-21+,30-29?. The van der Waals surface area contributed by atoms with Crippen LogP contribution in [0.5, 0.6) is 5.75 Å². The van der Waals surface area contributed by atoms with Gasteiger partial charge in [0.05, 0.1) is 25.2 Å². The number of ether oxygens (including phenoxy) is 3. The van der Waals surface area contributed by atoms with Crippen LogP contribution in [-0.4, -0.2) is 48.2 Å². The van der Waals surface area contributed by atoms with Gasteiger partial charge in [-0.2, -0.15) is 0 Å². The molecule has 0 spiro atoms. The highest BCUT2D eigenvalue weighted by Gasteiger charge is 2.27.